The van der Waals surface area contributed by atoms with Gasteiger partial charge in [0.25, 0.3) is 0 Å². The fourth-order valence-corrected chi connectivity index (χ4v) is 2.27. The molecule has 0 saturated heterocycles. The zero-order chi connectivity index (χ0) is 17.0. The number of carbonyl (C=O) groups is 3. The average molecular weight is 315 g/mol. The molecule has 0 aliphatic rings. The van der Waals surface area contributed by atoms with Crippen LogP contribution < -0.4 is 0 Å². The van der Waals surface area contributed by atoms with E-state index < -0.39 is 11.9 Å². The van der Waals surface area contributed by atoms with Gasteiger partial charge in [0, 0.05) is 11.3 Å². The van der Waals surface area contributed by atoms with Crippen LogP contribution in [0.15, 0.2) is 30.3 Å². The topological polar surface area (TPSA) is 85.5 Å². The maximum Gasteiger partial charge on any atom is 0.355 e. The molecule has 2 aromatic rings. The van der Waals surface area contributed by atoms with E-state index in [2.05, 4.69) is 9.72 Å². The minimum atomic E-state index is -0.690. The molecule has 1 heterocycles. The summed E-state index contributed by atoms with van der Waals surface area (Å²) in [4.78, 5) is 38.5. The number of hydrogen-bond acceptors (Lipinski definition) is 5. The molecule has 0 fully saturated rings. The van der Waals surface area contributed by atoms with Gasteiger partial charge in [-0.3, -0.25) is 4.79 Å². The summed E-state index contributed by atoms with van der Waals surface area (Å²) in [7, 11) is 1.27. The van der Waals surface area contributed by atoms with Gasteiger partial charge in [-0.15, -0.1) is 0 Å². The van der Waals surface area contributed by atoms with Crippen molar-refractivity contribution in [3.8, 4) is 0 Å². The minimum Gasteiger partial charge on any atom is -0.465 e. The number of hydrogen-bond donors (Lipinski definition) is 1. The van der Waals surface area contributed by atoms with Crippen LogP contribution in [0.1, 0.15) is 42.5 Å². The summed E-state index contributed by atoms with van der Waals surface area (Å²) in [6.07, 6.45) is 0. The second-order valence-corrected chi connectivity index (χ2v) is 4.98. The molecule has 6 heteroatoms. The van der Waals surface area contributed by atoms with Crippen LogP contribution in [0, 0.1) is 13.8 Å². The number of ketones is 1. The zero-order valence-corrected chi connectivity index (χ0v) is 13.1. The molecule has 0 aliphatic heterocycles. The Hall–Kier alpha value is -2.89. The largest absolute Gasteiger partial charge is 0.465 e. The normalized spacial score (nSPS) is 10.2. The Balaban J connectivity index is 2.10. The summed E-state index contributed by atoms with van der Waals surface area (Å²) in [5.74, 6) is -1.52. The summed E-state index contributed by atoms with van der Waals surface area (Å²) < 4.78 is 9.72. The van der Waals surface area contributed by atoms with Gasteiger partial charge in [-0.1, -0.05) is 30.3 Å². The van der Waals surface area contributed by atoms with Gasteiger partial charge in [0.05, 0.1) is 12.7 Å². The lowest BCUT2D eigenvalue weighted by molar-refractivity contribution is 0.0468. The van der Waals surface area contributed by atoms with Gasteiger partial charge < -0.3 is 14.5 Å². The molecule has 23 heavy (non-hydrogen) atoms. The van der Waals surface area contributed by atoms with Crippen molar-refractivity contribution in [1.29, 1.82) is 0 Å². The highest BCUT2D eigenvalue weighted by molar-refractivity contribution is 6.01. The molecule has 0 aliphatic carbocycles. The number of Topliss-reactive ketones (excluding diaryl/α,β-unsaturated/α-hetero) is 1. The molecule has 0 radical (unpaired) electrons. The van der Waals surface area contributed by atoms with E-state index >= 15 is 0 Å². The molecule has 120 valence electrons. The molecule has 0 amide bonds. The first kappa shape index (κ1) is 16.5. The molecular weight excluding hydrogens is 298 g/mol. The number of H-pyrrole nitrogens is 1. The second-order valence-electron chi connectivity index (χ2n) is 4.98. The number of carbonyl (C=O) groups excluding carboxylic acids is 3. The van der Waals surface area contributed by atoms with Gasteiger partial charge in [0.15, 0.2) is 12.4 Å². The highest BCUT2D eigenvalue weighted by Gasteiger charge is 2.23. The number of esters is 2. The lowest BCUT2D eigenvalue weighted by atomic mass is 10.1. The average Bonchev–Trinajstić information content (AvgIpc) is 2.87. The first-order chi connectivity index (χ1) is 11.0. The molecule has 6 nitrogen and oxygen atoms in total. The van der Waals surface area contributed by atoms with E-state index in [1.807, 2.05) is 0 Å². The molecule has 0 saturated carbocycles. The fourth-order valence-electron chi connectivity index (χ4n) is 2.27. The second kappa shape index (κ2) is 6.91. The Morgan fingerprint density at radius 1 is 1.04 bits per heavy atom. The van der Waals surface area contributed by atoms with Crippen molar-refractivity contribution < 1.29 is 23.9 Å². The van der Waals surface area contributed by atoms with E-state index in [0.29, 0.717) is 22.4 Å². The van der Waals surface area contributed by atoms with E-state index in [0.717, 1.165) is 0 Å². The van der Waals surface area contributed by atoms with Crippen LogP contribution in [0.5, 0.6) is 0 Å². The Morgan fingerprint density at radius 3 is 2.30 bits per heavy atom. The molecule has 0 bridgehead atoms. The minimum absolute atomic E-state index is 0.142. The predicted molar refractivity (Wildman–Crippen MR) is 82.7 cm³/mol. The number of nitrogens with one attached hydrogen (secondary N) is 1. The maximum atomic E-state index is 12.1. The van der Waals surface area contributed by atoms with Gasteiger partial charge in [-0.25, -0.2) is 9.59 Å². The number of aryl methyl sites for hydroxylation is 1. The lowest BCUT2D eigenvalue weighted by Gasteiger charge is -2.04. The molecule has 1 aromatic heterocycles. The number of ether oxygens (including phenoxy) is 2. The summed E-state index contributed by atoms with van der Waals surface area (Å²) >= 11 is 0. The Labute approximate surface area is 133 Å². The van der Waals surface area contributed by atoms with Gasteiger partial charge in [0.1, 0.15) is 5.69 Å². The molecule has 0 unspecified atom stereocenters. The predicted octanol–water partition coefficient (Wildman–Crippen LogP) is 2.46. The summed E-state index contributed by atoms with van der Waals surface area (Å²) in [6, 6.07) is 8.56. The third kappa shape index (κ3) is 3.48. The number of aromatic amines is 1. The Bertz CT molecular complexity index is 746. The summed E-state index contributed by atoms with van der Waals surface area (Å²) in [5, 5.41) is 0. The van der Waals surface area contributed by atoms with Crippen molar-refractivity contribution in [3.05, 3.63) is 58.4 Å². The molecule has 2 rings (SSSR count). The molecule has 0 atom stereocenters. The van der Waals surface area contributed by atoms with E-state index in [1.165, 1.54) is 7.11 Å². The maximum absolute atomic E-state index is 12.1. The van der Waals surface area contributed by atoms with Crippen LogP contribution >= 0.6 is 0 Å². The van der Waals surface area contributed by atoms with Crippen molar-refractivity contribution in [1.82, 2.24) is 4.98 Å². The number of benzene rings is 1. The van der Waals surface area contributed by atoms with Crippen LogP contribution in [0.25, 0.3) is 0 Å². The first-order valence-corrected chi connectivity index (χ1v) is 6.98. The quantitative estimate of drug-likeness (QED) is 0.676. The van der Waals surface area contributed by atoms with E-state index in [4.69, 9.17) is 4.74 Å². The van der Waals surface area contributed by atoms with Crippen molar-refractivity contribution in [2.75, 3.05) is 13.7 Å². The zero-order valence-electron chi connectivity index (χ0n) is 13.1. The summed E-state index contributed by atoms with van der Waals surface area (Å²) in [5.41, 5.74) is 1.86. The number of methoxy groups -OCH3 is 1. The Kier molecular flexibility index (Phi) is 4.95. The number of rotatable bonds is 5. The fraction of sp³-hybridized carbons (Fsp3) is 0.235. The van der Waals surface area contributed by atoms with Gasteiger partial charge >= 0.3 is 11.9 Å². The molecule has 1 N–H and O–H groups in total. The third-order valence-electron chi connectivity index (χ3n) is 3.46. The van der Waals surface area contributed by atoms with Crippen LogP contribution in [0.3, 0.4) is 0 Å². The first-order valence-electron chi connectivity index (χ1n) is 6.98. The van der Waals surface area contributed by atoms with Crippen molar-refractivity contribution in [2.45, 2.75) is 13.8 Å². The highest BCUT2D eigenvalue weighted by Crippen LogP contribution is 2.19. The van der Waals surface area contributed by atoms with E-state index in [-0.39, 0.29) is 18.1 Å². The Morgan fingerprint density at radius 2 is 1.70 bits per heavy atom. The highest BCUT2D eigenvalue weighted by atomic mass is 16.5. The number of aromatic nitrogens is 1. The molecular formula is C17H17NO5. The van der Waals surface area contributed by atoms with Crippen LogP contribution in [0.2, 0.25) is 0 Å². The van der Waals surface area contributed by atoms with E-state index in [9.17, 15) is 14.4 Å². The van der Waals surface area contributed by atoms with Gasteiger partial charge in [-0.2, -0.15) is 0 Å². The van der Waals surface area contributed by atoms with Crippen molar-refractivity contribution in [2.24, 2.45) is 0 Å². The van der Waals surface area contributed by atoms with Crippen molar-refractivity contribution in [3.63, 3.8) is 0 Å². The lowest BCUT2D eigenvalue weighted by Crippen LogP contribution is -2.15. The molecule has 0 spiro atoms. The third-order valence-corrected chi connectivity index (χ3v) is 3.46. The van der Waals surface area contributed by atoms with Crippen molar-refractivity contribution >= 4 is 17.7 Å². The SMILES string of the molecule is COC(=O)c1c(C)[nH]c(C(=O)OCC(=O)c2ccccc2)c1C. The van der Waals surface area contributed by atoms with Crippen LogP contribution in [0.4, 0.5) is 0 Å². The summed E-state index contributed by atoms with van der Waals surface area (Å²) in [6.45, 7) is 2.91. The van der Waals surface area contributed by atoms with Crippen LogP contribution in [-0.2, 0) is 9.47 Å². The van der Waals surface area contributed by atoms with E-state index in [1.54, 1.807) is 44.2 Å². The standard InChI is InChI=1S/C17H17NO5/c1-10-14(16(20)22-3)11(2)18-15(10)17(21)23-9-13(19)12-7-5-4-6-8-12/h4-8,18H,9H2,1-3H3. The monoisotopic (exact) mass is 315 g/mol. The smallest absolute Gasteiger partial charge is 0.355 e. The van der Waals surface area contributed by atoms with Gasteiger partial charge in [-0.05, 0) is 19.4 Å². The molecule has 1 aromatic carbocycles. The van der Waals surface area contributed by atoms with Crippen LogP contribution in [-0.4, -0.2) is 36.4 Å². The van der Waals surface area contributed by atoms with Gasteiger partial charge in [0.2, 0.25) is 0 Å².